The van der Waals surface area contributed by atoms with Gasteiger partial charge in [-0.05, 0) is 56.0 Å². The number of carbonyl (C=O) groups excluding carboxylic acids is 2. The Labute approximate surface area is 257 Å². The van der Waals surface area contributed by atoms with E-state index in [9.17, 15) is 14.4 Å². The molecule has 0 spiro atoms. The minimum atomic E-state index is -0.416. The Morgan fingerprint density at radius 2 is 1.89 bits per heavy atom. The van der Waals surface area contributed by atoms with E-state index >= 15 is 0 Å². The van der Waals surface area contributed by atoms with Crippen molar-refractivity contribution in [3.05, 3.63) is 69.4 Å². The Kier molecular flexibility index (Phi) is 8.15. The SMILES string of the molecule is Cc1cc2[nH]c(=O)c3cnn(C4CCOCC4)c3c2cc1C(=O)N1CCN(Cc2cccnc2CC(=O)C(C)(C)C)[C@@H](C)C1. The maximum absolute atomic E-state index is 14.0. The Morgan fingerprint density at radius 3 is 2.61 bits per heavy atom. The number of aromatic nitrogens is 4. The summed E-state index contributed by atoms with van der Waals surface area (Å²) in [6, 6.07) is 8.09. The quantitative estimate of drug-likeness (QED) is 0.349. The lowest BCUT2D eigenvalue weighted by molar-refractivity contribution is -0.125. The summed E-state index contributed by atoms with van der Waals surface area (Å²) in [6.45, 7) is 13.8. The van der Waals surface area contributed by atoms with Crippen LogP contribution in [0.15, 0.2) is 41.5 Å². The second kappa shape index (κ2) is 11.9. The largest absolute Gasteiger partial charge is 0.381 e. The van der Waals surface area contributed by atoms with Crippen molar-refractivity contribution in [1.29, 1.82) is 0 Å². The van der Waals surface area contributed by atoms with E-state index in [1.807, 2.05) is 55.5 Å². The van der Waals surface area contributed by atoms with Gasteiger partial charge in [0.15, 0.2) is 0 Å². The fourth-order valence-electron chi connectivity index (χ4n) is 6.43. The molecule has 4 aromatic rings. The van der Waals surface area contributed by atoms with Crippen LogP contribution in [0, 0.1) is 12.3 Å². The highest BCUT2D eigenvalue weighted by molar-refractivity contribution is 6.07. The van der Waals surface area contributed by atoms with E-state index in [1.165, 1.54) is 0 Å². The van der Waals surface area contributed by atoms with Crippen LogP contribution >= 0.6 is 0 Å². The summed E-state index contributed by atoms with van der Waals surface area (Å²) in [6.07, 6.45) is 5.37. The number of ketones is 1. The highest BCUT2D eigenvalue weighted by Crippen LogP contribution is 2.30. The third-order valence-corrected chi connectivity index (χ3v) is 9.25. The van der Waals surface area contributed by atoms with Gasteiger partial charge in [-0.15, -0.1) is 0 Å². The number of pyridine rings is 2. The molecule has 1 amide bonds. The fraction of sp³-hybridized carbons (Fsp3) is 0.500. The van der Waals surface area contributed by atoms with Gasteiger partial charge in [0.1, 0.15) is 5.78 Å². The normalized spacial score (nSPS) is 18.8. The lowest BCUT2D eigenvalue weighted by atomic mass is 9.87. The molecule has 0 radical (unpaired) electrons. The number of nitrogens with zero attached hydrogens (tertiary/aromatic N) is 5. The number of ether oxygens (including phenoxy) is 1. The smallest absolute Gasteiger partial charge is 0.259 e. The average Bonchev–Trinajstić information content (AvgIpc) is 3.45. The number of fused-ring (bicyclic) bond motifs is 3. The third-order valence-electron chi connectivity index (χ3n) is 9.25. The predicted octanol–water partition coefficient (Wildman–Crippen LogP) is 4.44. The van der Waals surface area contributed by atoms with Crippen molar-refractivity contribution in [2.75, 3.05) is 32.8 Å². The van der Waals surface area contributed by atoms with Gasteiger partial charge in [-0.3, -0.25) is 28.9 Å². The lowest BCUT2D eigenvalue weighted by Gasteiger charge is -2.40. The second-order valence-corrected chi connectivity index (χ2v) is 13.4. The van der Waals surface area contributed by atoms with Crippen molar-refractivity contribution in [3.8, 4) is 0 Å². The fourth-order valence-corrected chi connectivity index (χ4v) is 6.43. The maximum Gasteiger partial charge on any atom is 0.259 e. The summed E-state index contributed by atoms with van der Waals surface area (Å²) >= 11 is 0. The van der Waals surface area contributed by atoms with E-state index in [0.717, 1.165) is 47.1 Å². The molecule has 1 aromatic carbocycles. The van der Waals surface area contributed by atoms with Crippen molar-refractivity contribution in [2.45, 2.75) is 72.5 Å². The van der Waals surface area contributed by atoms with Crippen LogP contribution in [0.3, 0.4) is 0 Å². The van der Waals surface area contributed by atoms with Crippen molar-refractivity contribution >= 4 is 33.5 Å². The second-order valence-electron chi connectivity index (χ2n) is 13.4. The lowest BCUT2D eigenvalue weighted by Crippen LogP contribution is -2.53. The number of hydrogen-bond acceptors (Lipinski definition) is 7. The molecule has 6 rings (SSSR count). The Hall–Kier alpha value is -3.89. The first-order valence-electron chi connectivity index (χ1n) is 15.6. The molecule has 1 N–H and O–H groups in total. The highest BCUT2D eigenvalue weighted by atomic mass is 16.5. The Bertz CT molecular complexity index is 1780. The molecule has 10 heteroatoms. The molecule has 44 heavy (non-hydrogen) atoms. The van der Waals surface area contributed by atoms with E-state index in [-0.39, 0.29) is 29.3 Å². The zero-order chi connectivity index (χ0) is 31.2. The molecule has 0 aliphatic carbocycles. The molecular formula is C34H42N6O4. The third kappa shape index (κ3) is 5.80. The van der Waals surface area contributed by atoms with E-state index in [4.69, 9.17) is 4.74 Å². The van der Waals surface area contributed by atoms with Crippen molar-refractivity contribution in [2.24, 2.45) is 5.41 Å². The molecular weight excluding hydrogens is 556 g/mol. The molecule has 10 nitrogen and oxygen atoms in total. The zero-order valence-electron chi connectivity index (χ0n) is 26.4. The van der Waals surface area contributed by atoms with Gasteiger partial charge in [0.2, 0.25) is 0 Å². The minimum absolute atomic E-state index is 0.00905. The summed E-state index contributed by atoms with van der Waals surface area (Å²) < 4.78 is 7.52. The minimum Gasteiger partial charge on any atom is -0.381 e. The summed E-state index contributed by atoms with van der Waals surface area (Å²) in [5.74, 6) is 0.161. The molecule has 0 saturated carbocycles. The van der Waals surface area contributed by atoms with Gasteiger partial charge < -0.3 is 14.6 Å². The van der Waals surface area contributed by atoms with Gasteiger partial charge in [-0.1, -0.05) is 26.8 Å². The molecule has 5 heterocycles. The number of aryl methyl sites for hydroxylation is 1. The number of amides is 1. The molecule has 2 fully saturated rings. The number of rotatable bonds is 6. The number of benzene rings is 1. The van der Waals surface area contributed by atoms with E-state index < -0.39 is 5.41 Å². The van der Waals surface area contributed by atoms with E-state index in [0.29, 0.717) is 55.7 Å². The van der Waals surface area contributed by atoms with Crippen LogP contribution in [0.5, 0.6) is 0 Å². The van der Waals surface area contributed by atoms with Crippen LogP contribution in [-0.4, -0.2) is 80.1 Å². The standard InChI is InChI=1S/C34H42N6O4/c1-21-15-29-26(31-27(32(42)37-29)18-36-40(31)24-8-13-44-14-9-24)16-25(21)33(43)39-12-11-38(22(2)19-39)20-23-7-6-10-35-28(23)17-30(41)34(3,4)5/h6-7,10,15-16,18,22,24H,8-9,11-14,17,19-20H2,1-5H3,(H,37,42)/t22-/m0/s1. The Balaban J connectivity index is 1.23. The van der Waals surface area contributed by atoms with Gasteiger partial charge >= 0.3 is 0 Å². The van der Waals surface area contributed by atoms with Gasteiger partial charge in [-0.2, -0.15) is 5.10 Å². The van der Waals surface area contributed by atoms with Crippen LogP contribution in [0.25, 0.3) is 21.8 Å². The van der Waals surface area contributed by atoms with Crippen LogP contribution in [-0.2, 0) is 22.5 Å². The van der Waals surface area contributed by atoms with Crippen LogP contribution in [0.2, 0.25) is 0 Å². The van der Waals surface area contributed by atoms with Gasteiger partial charge in [0.05, 0.1) is 34.4 Å². The van der Waals surface area contributed by atoms with E-state index in [1.54, 1.807) is 12.4 Å². The molecule has 0 bridgehead atoms. The van der Waals surface area contributed by atoms with Crippen molar-refractivity contribution in [3.63, 3.8) is 0 Å². The van der Waals surface area contributed by atoms with Crippen molar-refractivity contribution < 1.29 is 14.3 Å². The monoisotopic (exact) mass is 598 g/mol. The van der Waals surface area contributed by atoms with Gasteiger partial charge in [0, 0.05) is 74.4 Å². The number of piperazine rings is 1. The molecule has 1 atom stereocenters. The van der Waals surface area contributed by atoms with E-state index in [2.05, 4.69) is 33.0 Å². The summed E-state index contributed by atoms with van der Waals surface area (Å²) in [4.78, 5) is 51.6. The summed E-state index contributed by atoms with van der Waals surface area (Å²) in [5.41, 5.74) is 4.25. The predicted molar refractivity (Wildman–Crippen MR) is 170 cm³/mol. The van der Waals surface area contributed by atoms with Gasteiger partial charge in [-0.25, -0.2) is 0 Å². The Morgan fingerprint density at radius 1 is 1.11 bits per heavy atom. The number of hydrogen-bond donors (Lipinski definition) is 1. The van der Waals surface area contributed by atoms with Crippen LogP contribution < -0.4 is 5.56 Å². The number of aromatic amines is 1. The first kappa shape index (κ1) is 30.1. The van der Waals surface area contributed by atoms with Crippen LogP contribution in [0.1, 0.15) is 73.8 Å². The molecule has 2 saturated heterocycles. The number of Topliss-reactive ketones (excluding diaryl/α,β-unsaturated/α-hetero) is 1. The molecule has 2 aliphatic rings. The molecule has 2 aliphatic heterocycles. The molecule has 0 unspecified atom stereocenters. The number of carbonyl (C=O) groups is 2. The number of nitrogens with one attached hydrogen (secondary N) is 1. The van der Waals surface area contributed by atoms with Crippen LogP contribution in [0.4, 0.5) is 0 Å². The maximum atomic E-state index is 14.0. The molecule has 232 valence electrons. The topological polar surface area (TPSA) is 113 Å². The first-order valence-corrected chi connectivity index (χ1v) is 15.6. The summed E-state index contributed by atoms with van der Waals surface area (Å²) in [7, 11) is 0. The van der Waals surface area contributed by atoms with Gasteiger partial charge in [0.25, 0.3) is 11.5 Å². The molecule has 3 aromatic heterocycles. The highest BCUT2D eigenvalue weighted by Gasteiger charge is 2.30. The zero-order valence-corrected chi connectivity index (χ0v) is 26.4. The number of H-pyrrole nitrogens is 1. The summed E-state index contributed by atoms with van der Waals surface area (Å²) in [5, 5.41) is 5.99. The average molecular weight is 599 g/mol. The van der Waals surface area contributed by atoms with Crippen molar-refractivity contribution in [1.82, 2.24) is 29.5 Å². The first-order chi connectivity index (χ1) is 21.0.